The van der Waals surface area contributed by atoms with Gasteiger partial charge in [0.15, 0.2) is 5.69 Å². The average molecular weight is 458 g/mol. The number of halogens is 1. The molecule has 0 fully saturated rings. The maximum atomic E-state index is 13.8. The molecule has 0 saturated carbocycles. The maximum absolute atomic E-state index is 13.8. The van der Waals surface area contributed by atoms with Crippen LogP contribution in [0.2, 0.25) is 0 Å². The lowest BCUT2D eigenvalue weighted by Gasteiger charge is -2.28. The lowest BCUT2D eigenvalue weighted by atomic mass is 10.1. The van der Waals surface area contributed by atoms with E-state index >= 15 is 0 Å². The molecule has 4 rings (SSSR count). The van der Waals surface area contributed by atoms with Gasteiger partial charge in [-0.3, -0.25) is 19.0 Å². The van der Waals surface area contributed by atoms with Crippen LogP contribution in [0.15, 0.2) is 23.0 Å². The molecule has 176 valence electrons. The third-order valence-corrected chi connectivity index (χ3v) is 6.30. The van der Waals surface area contributed by atoms with Crippen LogP contribution in [0, 0.1) is 5.82 Å². The molecular weight excluding hydrogens is 429 g/mol. The summed E-state index contributed by atoms with van der Waals surface area (Å²) >= 11 is 0. The van der Waals surface area contributed by atoms with Crippen molar-refractivity contribution >= 4 is 17.5 Å². The van der Waals surface area contributed by atoms with E-state index in [-0.39, 0.29) is 18.1 Å². The van der Waals surface area contributed by atoms with E-state index < -0.39 is 29.1 Å². The van der Waals surface area contributed by atoms with E-state index in [1.54, 1.807) is 18.0 Å². The number of fused-ring (bicyclic) bond motifs is 2. The molecule has 1 atom stereocenters. The van der Waals surface area contributed by atoms with Gasteiger partial charge in [0.2, 0.25) is 11.7 Å². The Morgan fingerprint density at radius 1 is 1.12 bits per heavy atom. The largest absolute Gasteiger partial charge is 0.501 e. The Morgan fingerprint density at radius 2 is 1.94 bits per heavy atom. The second-order valence-corrected chi connectivity index (χ2v) is 8.51. The van der Waals surface area contributed by atoms with Crippen molar-refractivity contribution in [3.8, 4) is 5.75 Å². The molecule has 33 heavy (non-hydrogen) atoms. The maximum Gasteiger partial charge on any atom is 0.296 e. The molecule has 2 aromatic rings. The summed E-state index contributed by atoms with van der Waals surface area (Å²) in [5, 5.41) is 16.3. The van der Waals surface area contributed by atoms with Crippen molar-refractivity contribution < 1.29 is 19.1 Å². The Labute approximate surface area is 190 Å². The fourth-order valence-electron chi connectivity index (χ4n) is 4.39. The number of anilines is 1. The van der Waals surface area contributed by atoms with E-state index in [1.165, 1.54) is 16.7 Å². The van der Waals surface area contributed by atoms with Crippen molar-refractivity contribution in [1.82, 2.24) is 19.8 Å². The number of carbonyl (C=O) groups is 2. The van der Waals surface area contributed by atoms with E-state index in [0.29, 0.717) is 62.3 Å². The predicted molar refractivity (Wildman–Crippen MR) is 119 cm³/mol. The van der Waals surface area contributed by atoms with Gasteiger partial charge < -0.3 is 20.6 Å². The summed E-state index contributed by atoms with van der Waals surface area (Å²) in [6.45, 7) is 0.967. The molecule has 1 aromatic carbocycles. The number of rotatable bonds is 0. The van der Waals surface area contributed by atoms with Gasteiger partial charge in [-0.25, -0.2) is 9.37 Å². The minimum absolute atomic E-state index is 0.0583. The summed E-state index contributed by atoms with van der Waals surface area (Å²) in [4.78, 5) is 44.7. The van der Waals surface area contributed by atoms with E-state index in [4.69, 9.17) is 0 Å². The van der Waals surface area contributed by atoms with Crippen LogP contribution in [0.1, 0.15) is 66.4 Å². The summed E-state index contributed by atoms with van der Waals surface area (Å²) in [5.41, 5.74) is 0.118. The monoisotopic (exact) mass is 457 g/mol. The van der Waals surface area contributed by atoms with Crippen molar-refractivity contribution in [2.45, 2.75) is 57.7 Å². The Morgan fingerprint density at radius 3 is 2.76 bits per heavy atom. The number of benzene rings is 1. The molecule has 0 radical (unpaired) electrons. The molecule has 10 heteroatoms. The number of aromatic nitrogens is 2. The molecule has 9 nitrogen and oxygen atoms in total. The van der Waals surface area contributed by atoms with Gasteiger partial charge in [-0.2, -0.15) is 0 Å². The van der Waals surface area contributed by atoms with Crippen LogP contribution in [0.3, 0.4) is 0 Å². The third-order valence-electron chi connectivity index (χ3n) is 6.30. The van der Waals surface area contributed by atoms with Crippen molar-refractivity contribution in [3.05, 3.63) is 51.5 Å². The summed E-state index contributed by atoms with van der Waals surface area (Å²) in [6.07, 6.45) is 3.77. The molecule has 2 amide bonds. The normalized spacial score (nSPS) is 19.8. The quantitative estimate of drug-likeness (QED) is 0.559. The van der Waals surface area contributed by atoms with E-state index in [1.807, 2.05) is 0 Å². The van der Waals surface area contributed by atoms with Crippen LogP contribution < -0.4 is 16.2 Å². The molecule has 0 spiro atoms. The van der Waals surface area contributed by atoms with Gasteiger partial charge in [-0.15, -0.1) is 0 Å². The van der Waals surface area contributed by atoms with Gasteiger partial charge in [-0.1, -0.05) is 6.07 Å². The molecule has 0 saturated heterocycles. The van der Waals surface area contributed by atoms with Gasteiger partial charge >= 0.3 is 0 Å². The number of hydrogen-bond donors (Lipinski definition) is 3. The highest BCUT2D eigenvalue weighted by molar-refractivity contribution is 5.94. The van der Waals surface area contributed by atoms with Crippen LogP contribution in [-0.2, 0) is 17.9 Å². The molecule has 3 N–H and O–H groups in total. The molecular formula is C23H28FN5O4. The summed E-state index contributed by atoms with van der Waals surface area (Å²) in [7, 11) is 1.68. The zero-order valence-electron chi connectivity index (χ0n) is 18.6. The predicted octanol–water partition coefficient (Wildman–Crippen LogP) is 2.30. The number of aromatic hydroxyl groups is 1. The van der Waals surface area contributed by atoms with Gasteiger partial charge in [0.1, 0.15) is 11.6 Å². The van der Waals surface area contributed by atoms with Crippen molar-refractivity contribution in [2.24, 2.45) is 0 Å². The molecule has 2 aliphatic heterocycles. The zero-order valence-corrected chi connectivity index (χ0v) is 18.6. The van der Waals surface area contributed by atoms with E-state index in [0.717, 1.165) is 6.42 Å². The second-order valence-electron chi connectivity index (χ2n) is 8.51. The fourth-order valence-corrected chi connectivity index (χ4v) is 4.39. The first-order chi connectivity index (χ1) is 15.9. The standard InChI is InChI=1S/C23H28FN5O4/c1-28-17-6-3-5-11-29-21(17)27-19(20(31)23(29)33)22(32)26-13-14-8-9-15(24)12-16(14)25-10-4-2-7-18(28)30/h8-9,12,17,25,31H,2-7,10-11,13H2,1H3,(H,26,32). The van der Waals surface area contributed by atoms with Crippen LogP contribution in [0.5, 0.6) is 5.75 Å². The van der Waals surface area contributed by atoms with Crippen LogP contribution in [0.4, 0.5) is 10.1 Å². The molecule has 1 unspecified atom stereocenters. The first kappa shape index (κ1) is 22.8. The van der Waals surface area contributed by atoms with Crippen LogP contribution in [0.25, 0.3) is 0 Å². The SMILES string of the molecule is CN1C(=O)CCCCNc2cc(F)ccc2CNC(=O)c2nc3n(c(=O)c2O)CCCCC31. The molecule has 0 aliphatic carbocycles. The minimum atomic E-state index is -0.718. The highest BCUT2D eigenvalue weighted by atomic mass is 19.1. The number of nitrogens with zero attached hydrogens (tertiary/aromatic N) is 3. The van der Waals surface area contributed by atoms with Crippen molar-refractivity contribution in [1.29, 1.82) is 0 Å². The first-order valence-electron chi connectivity index (χ1n) is 11.3. The zero-order chi connectivity index (χ0) is 23.5. The summed E-state index contributed by atoms with van der Waals surface area (Å²) in [6, 6.07) is 3.75. The van der Waals surface area contributed by atoms with Gasteiger partial charge in [0.25, 0.3) is 11.5 Å². The smallest absolute Gasteiger partial charge is 0.296 e. The van der Waals surface area contributed by atoms with Crippen LogP contribution in [-0.4, -0.2) is 45.0 Å². The third kappa shape index (κ3) is 4.69. The highest BCUT2D eigenvalue weighted by Crippen LogP contribution is 2.29. The first-order valence-corrected chi connectivity index (χ1v) is 11.3. The minimum Gasteiger partial charge on any atom is -0.501 e. The topological polar surface area (TPSA) is 117 Å². The Kier molecular flexibility index (Phi) is 6.62. The Hall–Kier alpha value is -3.43. The highest BCUT2D eigenvalue weighted by Gasteiger charge is 2.31. The lowest BCUT2D eigenvalue weighted by molar-refractivity contribution is -0.132. The molecule has 2 aliphatic rings. The number of hydrogen-bond acceptors (Lipinski definition) is 6. The molecule has 1 aromatic heterocycles. The Bertz CT molecular complexity index is 1130. The fraction of sp³-hybridized carbons (Fsp3) is 0.478. The lowest BCUT2D eigenvalue weighted by Crippen LogP contribution is -2.37. The van der Waals surface area contributed by atoms with Gasteiger partial charge in [-0.05, 0) is 49.8 Å². The van der Waals surface area contributed by atoms with E-state index in [9.17, 15) is 23.9 Å². The van der Waals surface area contributed by atoms with E-state index in [2.05, 4.69) is 15.6 Å². The summed E-state index contributed by atoms with van der Waals surface area (Å²) in [5.74, 6) is -1.62. The van der Waals surface area contributed by atoms with Gasteiger partial charge in [0, 0.05) is 38.8 Å². The average Bonchev–Trinajstić information content (AvgIpc) is 3.01. The number of amides is 2. The van der Waals surface area contributed by atoms with Crippen LogP contribution >= 0.6 is 0 Å². The number of nitrogens with one attached hydrogen (secondary N) is 2. The van der Waals surface area contributed by atoms with Crippen molar-refractivity contribution in [2.75, 3.05) is 18.9 Å². The molecule has 3 heterocycles. The summed E-state index contributed by atoms with van der Waals surface area (Å²) < 4.78 is 15.1. The Balaban J connectivity index is 1.77. The second kappa shape index (κ2) is 9.60. The van der Waals surface area contributed by atoms with Crippen molar-refractivity contribution in [3.63, 3.8) is 0 Å². The number of carbonyl (C=O) groups excluding carboxylic acids is 2. The molecule has 2 bridgehead atoms. The van der Waals surface area contributed by atoms with Gasteiger partial charge in [0.05, 0.1) is 6.04 Å².